The van der Waals surface area contributed by atoms with Crippen LogP contribution in [0.1, 0.15) is 25.7 Å². The van der Waals surface area contributed by atoms with Crippen LogP contribution in [0.3, 0.4) is 0 Å². The predicted octanol–water partition coefficient (Wildman–Crippen LogP) is 5.57. The summed E-state index contributed by atoms with van der Waals surface area (Å²) in [5.41, 5.74) is 0.898. The molecular weight excluding hydrogens is 375 g/mol. The highest BCUT2D eigenvalue weighted by Crippen LogP contribution is 2.38. The molecule has 0 aliphatic carbocycles. The third kappa shape index (κ3) is 3.46. The van der Waals surface area contributed by atoms with E-state index in [-0.39, 0.29) is 0 Å². The lowest BCUT2D eigenvalue weighted by Crippen LogP contribution is -2.27. The van der Waals surface area contributed by atoms with Crippen molar-refractivity contribution in [3.63, 3.8) is 0 Å². The summed E-state index contributed by atoms with van der Waals surface area (Å²) in [5, 5.41) is 1.12. The Kier molecular flexibility index (Phi) is 5.06. The van der Waals surface area contributed by atoms with Crippen LogP contribution in [0.4, 0.5) is 5.95 Å². The molecule has 130 valence electrons. The van der Waals surface area contributed by atoms with Crippen molar-refractivity contribution in [1.82, 2.24) is 14.4 Å². The van der Waals surface area contributed by atoms with Gasteiger partial charge in [-0.05, 0) is 25.0 Å². The first-order chi connectivity index (χ1) is 12.2. The number of nitrogens with zero attached hydrogens (tertiary/aromatic N) is 4. The molecular formula is C18H18Cl2N4S. The molecule has 0 N–H and O–H groups in total. The first-order valence-corrected chi connectivity index (χ1v) is 10.00. The smallest absolute Gasteiger partial charge is 0.211 e. The molecule has 4 rings (SSSR count). The molecule has 2 aromatic heterocycles. The Balaban J connectivity index is 1.71. The molecule has 0 spiro atoms. The Morgan fingerprint density at radius 2 is 1.76 bits per heavy atom. The molecule has 0 unspecified atom stereocenters. The molecule has 1 aliphatic heterocycles. The number of hydrogen-bond donors (Lipinski definition) is 0. The molecule has 1 aliphatic rings. The van der Waals surface area contributed by atoms with E-state index in [0.717, 1.165) is 34.5 Å². The molecule has 7 heteroatoms. The zero-order chi connectivity index (χ0) is 17.2. The lowest BCUT2D eigenvalue weighted by atomic mass is 10.2. The summed E-state index contributed by atoms with van der Waals surface area (Å²) in [6, 6.07) is 5.65. The number of anilines is 1. The van der Waals surface area contributed by atoms with E-state index < -0.39 is 0 Å². The average Bonchev–Trinajstić information content (AvgIpc) is 2.95. The minimum absolute atomic E-state index is 0.556. The Morgan fingerprint density at radius 1 is 0.960 bits per heavy atom. The quantitative estimate of drug-likeness (QED) is 0.583. The van der Waals surface area contributed by atoms with Crippen molar-refractivity contribution < 1.29 is 0 Å². The maximum atomic E-state index is 6.33. The summed E-state index contributed by atoms with van der Waals surface area (Å²) in [5.74, 6) is 0.968. The van der Waals surface area contributed by atoms with E-state index in [0.29, 0.717) is 10.0 Å². The fraction of sp³-hybridized carbons (Fsp3) is 0.333. The summed E-state index contributed by atoms with van der Waals surface area (Å²) in [7, 11) is 0. The van der Waals surface area contributed by atoms with Crippen LogP contribution in [0.5, 0.6) is 0 Å². The second kappa shape index (κ2) is 7.44. The van der Waals surface area contributed by atoms with Crippen molar-refractivity contribution in [3.05, 3.63) is 46.8 Å². The van der Waals surface area contributed by atoms with Crippen LogP contribution in [-0.2, 0) is 0 Å². The minimum Gasteiger partial charge on any atom is -0.342 e. The van der Waals surface area contributed by atoms with Gasteiger partial charge in [0.2, 0.25) is 5.95 Å². The first-order valence-electron chi connectivity index (χ1n) is 8.43. The van der Waals surface area contributed by atoms with Gasteiger partial charge in [0.15, 0.2) is 5.65 Å². The van der Waals surface area contributed by atoms with Crippen LogP contribution < -0.4 is 4.90 Å². The van der Waals surface area contributed by atoms with Crippen molar-refractivity contribution in [3.8, 4) is 0 Å². The number of fused-ring (bicyclic) bond motifs is 1. The maximum absolute atomic E-state index is 6.33. The van der Waals surface area contributed by atoms with E-state index in [9.17, 15) is 0 Å². The molecule has 0 saturated carbocycles. The molecule has 4 nitrogen and oxygen atoms in total. The van der Waals surface area contributed by atoms with Gasteiger partial charge in [-0.15, -0.1) is 0 Å². The third-order valence-electron chi connectivity index (χ3n) is 4.40. The third-order valence-corrected chi connectivity index (χ3v) is 6.40. The molecule has 3 heterocycles. The zero-order valence-electron chi connectivity index (χ0n) is 13.7. The van der Waals surface area contributed by atoms with Crippen molar-refractivity contribution >= 4 is 46.6 Å². The summed E-state index contributed by atoms with van der Waals surface area (Å²) in [6.07, 6.45) is 10.7. The summed E-state index contributed by atoms with van der Waals surface area (Å²) in [4.78, 5) is 13.5. The Bertz CT molecular complexity index is 888. The number of halogens is 2. The lowest BCUT2D eigenvalue weighted by molar-refractivity contribution is 0.726. The Morgan fingerprint density at radius 3 is 2.56 bits per heavy atom. The number of hydrogen-bond acceptors (Lipinski definition) is 4. The standard InChI is InChI=1S/C18H18Cl2N4S/c19-13-6-5-7-14(16(13)20)25-15-12-22-18(24-11-8-21-17(15)24)23-9-3-1-2-4-10-23/h5-8,11-12H,1-4,9-10H2. The van der Waals surface area contributed by atoms with Crippen LogP contribution in [0.2, 0.25) is 10.0 Å². The number of rotatable bonds is 3. The first kappa shape index (κ1) is 17.0. The molecule has 1 aromatic carbocycles. The second-order valence-corrected chi connectivity index (χ2v) is 7.97. The van der Waals surface area contributed by atoms with E-state index in [1.54, 1.807) is 17.8 Å². The number of aromatic nitrogens is 3. The highest BCUT2D eigenvalue weighted by Gasteiger charge is 2.17. The van der Waals surface area contributed by atoms with Gasteiger partial charge in [-0.2, -0.15) is 0 Å². The highest BCUT2D eigenvalue weighted by molar-refractivity contribution is 7.99. The van der Waals surface area contributed by atoms with Crippen LogP contribution in [0, 0.1) is 0 Å². The molecule has 0 bridgehead atoms. The maximum Gasteiger partial charge on any atom is 0.211 e. The van der Waals surface area contributed by atoms with Gasteiger partial charge in [0.1, 0.15) is 0 Å². The van der Waals surface area contributed by atoms with Crippen LogP contribution >= 0.6 is 35.0 Å². The van der Waals surface area contributed by atoms with Crippen LogP contribution in [0.25, 0.3) is 5.65 Å². The van der Waals surface area contributed by atoms with Gasteiger partial charge in [-0.1, -0.05) is 53.9 Å². The summed E-state index contributed by atoms with van der Waals surface area (Å²) >= 11 is 14.0. The average molecular weight is 393 g/mol. The van der Waals surface area contributed by atoms with Gasteiger partial charge < -0.3 is 4.90 Å². The van der Waals surface area contributed by atoms with Gasteiger partial charge in [-0.25, -0.2) is 9.97 Å². The summed E-state index contributed by atoms with van der Waals surface area (Å²) < 4.78 is 2.08. The van der Waals surface area contributed by atoms with E-state index in [1.807, 2.05) is 30.7 Å². The SMILES string of the molecule is Clc1cccc(Sc2cnc(N3CCCCCC3)n3ccnc23)c1Cl. The monoisotopic (exact) mass is 392 g/mol. The molecule has 0 amide bonds. The van der Waals surface area contributed by atoms with Gasteiger partial charge >= 0.3 is 0 Å². The van der Waals surface area contributed by atoms with E-state index >= 15 is 0 Å². The Hall–Kier alpha value is -1.43. The molecule has 25 heavy (non-hydrogen) atoms. The van der Waals surface area contributed by atoms with Gasteiger partial charge in [-0.3, -0.25) is 4.40 Å². The van der Waals surface area contributed by atoms with Crippen LogP contribution in [0.15, 0.2) is 46.6 Å². The van der Waals surface area contributed by atoms with Crippen molar-refractivity contribution in [1.29, 1.82) is 0 Å². The van der Waals surface area contributed by atoms with Crippen molar-refractivity contribution in [2.45, 2.75) is 35.5 Å². The van der Waals surface area contributed by atoms with E-state index in [4.69, 9.17) is 28.2 Å². The van der Waals surface area contributed by atoms with Gasteiger partial charge in [0.25, 0.3) is 0 Å². The highest BCUT2D eigenvalue weighted by atomic mass is 35.5. The number of imidazole rings is 1. The molecule has 3 aromatic rings. The van der Waals surface area contributed by atoms with Gasteiger partial charge in [0.05, 0.1) is 14.9 Å². The van der Waals surface area contributed by atoms with Crippen molar-refractivity contribution in [2.24, 2.45) is 0 Å². The van der Waals surface area contributed by atoms with E-state index in [2.05, 4.69) is 14.3 Å². The molecule has 0 radical (unpaired) electrons. The second-order valence-electron chi connectivity index (χ2n) is 6.10. The molecule has 1 fully saturated rings. The van der Waals surface area contributed by atoms with Gasteiger partial charge in [0, 0.05) is 36.6 Å². The van der Waals surface area contributed by atoms with Crippen molar-refractivity contribution in [2.75, 3.05) is 18.0 Å². The summed E-state index contributed by atoms with van der Waals surface area (Å²) in [6.45, 7) is 2.10. The zero-order valence-corrected chi connectivity index (χ0v) is 16.0. The van der Waals surface area contributed by atoms with Crippen LogP contribution in [-0.4, -0.2) is 27.5 Å². The molecule has 1 saturated heterocycles. The fourth-order valence-electron chi connectivity index (χ4n) is 3.14. The largest absolute Gasteiger partial charge is 0.342 e. The molecule has 0 atom stereocenters. The number of benzene rings is 1. The minimum atomic E-state index is 0.556. The topological polar surface area (TPSA) is 33.4 Å². The van der Waals surface area contributed by atoms with E-state index in [1.165, 1.54) is 25.7 Å². The normalized spacial score (nSPS) is 15.5. The predicted molar refractivity (Wildman–Crippen MR) is 104 cm³/mol. The fourth-order valence-corrected chi connectivity index (χ4v) is 4.54. The lowest BCUT2D eigenvalue weighted by Gasteiger charge is -2.22. The Labute approximate surface area is 161 Å².